The minimum absolute atomic E-state index is 0.607. The quantitative estimate of drug-likeness (QED) is 0.516. The molecule has 1 fully saturated rings. The summed E-state index contributed by atoms with van der Waals surface area (Å²) in [6.45, 7) is 3.28. The van der Waals surface area contributed by atoms with Crippen LogP contribution in [0.3, 0.4) is 0 Å². The third kappa shape index (κ3) is 3.70. The van der Waals surface area contributed by atoms with Crippen molar-refractivity contribution in [1.29, 1.82) is 0 Å². The average molecular weight is 374 g/mol. The highest BCUT2D eigenvalue weighted by atomic mass is 31.2. The van der Waals surface area contributed by atoms with Gasteiger partial charge in [0.2, 0.25) is 0 Å². The van der Waals surface area contributed by atoms with Gasteiger partial charge in [-0.05, 0) is 37.1 Å². The van der Waals surface area contributed by atoms with Crippen LogP contribution < -0.4 is 4.84 Å². The Morgan fingerprint density at radius 1 is 1.32 bits per heavy atom. The molecule has 138 valence electrons. The summed E-state index contributed by atoms with van der Waals surface area (Å²) < 4.78 is 22.2. The molecular formula is C14H19N2O8P. The maximum Gasteiger partial charge on any atom is 0.470 e. The number of phosphoric acid groups is 1. The Balaban J connectivity index is 1.83. The van der Waals surface area contributed by atoms with Gasteiger partial charge in [-0.25, -0.2) is 9.55 Å². The molecule has 2 aromatic rings. The van der Waals surface area contributed by atoms with Crippen LogP contribution >= 0.6 is 7.82 Å². The molecule has 0 saturated carbocycles. The molecule has 0 aliphatic carbocycles. The van der Waals surface area contributed by atoms with Gasteiger partial charge in [-0.1, -0.05) is 0 Å². The molecule has 4 N–H and O–H groups in total. The van der Waals surface area contributed by atoms with Crippen molar-refractivity contribution in [3.63, 3.8) is 0 Å². The first-order valence-electron chi connectivity index (χ1n) is 7.49. The van der Waals surface area contributed by atoms with Gasteiger partial charge >= 0.3 is 7.82 Å². The van der Waals surface area contributed by atoms with E-state index in [-0.39, 0.29) is 0 Å². The van der Waals surface area contributed by atoms with Crippen molar-refractivity contribution in [3.8, 4) is 0 Å². The minimum atomic E-state index is -4.88. The van der Waals surface area contributed by atoms with E-state index in [0.29, 0.717) is 11.0 Å². The molecule has 25 heavy (non-hydrogen) atoms. The zero-order valence-corrected chi connectivity index (χ0v) is 14.4. The molecule has 1 aliphatic rings. The topological polar surface area (TPSA) is 144 Å². The second-order valence-electron chi connectivity index (χ2n) is 5.88. The minimum Gasteiger partial charge on any atom is -0.394 e. The van der Waals surface area contributed by atoms with Crippen molar-refractivity contribution in [1.82, 2.24) is 9.71 Å². The monoisotopic (exact) mass is 374 g/mol. The van der Waals surface area contributed by atoms with Crippen LogP contribution in [0.15, 0.2) is 18.5 Å². The largest absolute Gasteiger partial charge is 0.470 e. The first-order chi connectivity index (χ1) is 11.7. The molecule has 1 aliphatic heterocycles. The zero-order chi connectivity index (χ0) is 18.4. The summed E-state index contributed by atoms with van der Waals surface area (Å²) in [5, 5.41) is 19.5. The summed E-state index contributed by atoms with van der Waals surface area (Å²) in [5.74, 6) is 0. The number of fused-ring (bicyclic) bond motifs is 1. The van der Waals surface area contributed by atoms with E-state index >= 15 is 0 Å². The highest BCUT2D eigenvalue weighted by Gasteiger charge is 2.49. The number of hydrogen-bond donors (Lipinski definition) is 4. The number of nitrogens with zero attached hydrogens (tertiary/aromatic N) is 2. The van der Waals surface area contributed by atoms with Crippen molar-refractivity contribution < 1.29 is 38.7 Å². The first-order valence-corrected chi connectivity index (χ1v) is 9.02. The molecule has 1 aromatic heterocycles. The lowest BCUT2D eigenvalue weighted by Crippen LogP contribution is -2.39. The summed E-state index contributed by atoms with van der Waals surface area (Å²) in [5.41, 5.74) is 3.39. The van der Waals surface area contributed by atoms with E-state index in [2.05, 4.69) is 9.51 Å². The molecule has 0 spiro atoms. The fourth-order valence-electron chi connectivity index (χ4n) is 2.67. The van der Waals surface area contributed by atoms with E-state index in [9.17, 15) is 14.8 Å². The molecule has 0 radical (unpaired) electrons. The summed E-state index contributed by atoms with van der Waals surface area (Å²) >= 11 is 0. The maximum absolute atomic E-state index is 11.0. The van der Waals surface area contributed by atoms with Crippen LogP contribution in [0.4, 0.5) is 0 Å². The third-order valence-corrected chi connectivity index (χ3v) is 4.60. The molecule has 0 unspecified atom stereocenters. The van der Waals surface area contributed by atoms with Crippen LogP contribution in [0.1, 0.15) is 11.1 Å². The summed E-state index contributed by atoms with van der Waals surface area (Å²) in [6, 6.07) is 3.73. The fourth-order valence-corrected chi connectivity index (χ4v) is 3.24. The molecule has 11 heteroatoms. The van der Waals surface area contributed by atoms with Crippen molar-refractivity contribution in [3.05, 3.63) is 29.6 Å². The van der Waals surface area contributed by atoms with Crippen LogP contribution in [0.5, 0.6) is 0 Å². The number of aryl methyl sites for hydroxylation is 2. The van der Waals surface area contributed by atoms with E-state index in [1.54, 1.807) is 0 Å². The first kappa shape index (κ1) is 18.3. The second kappa shape index (κ2) is 6.65. The van der Waals surface area contributed by atoms with Gasteiger partial charge in [0, 0.05) is 0 Å². The lowest BCUT2D eigenvalue weighted by Gasteiger charge is -2.19. The molecule has 0 bridgehead atoms. The predicted octanol–water partition coefficient (Wildman–Crippen LogP) is -0.362. The van der Waals surface area contributed by atoms with E-state index in [1.165, 1.54) is 11.1 Å². The van der Waals surface area contributed by atoms with Crippen LogP contribution in [0, 0.1) is 13.8 Å². The van der Waals surface area contributed by atoms with Gasteiger partial charge in [-0.3, -0.25) is 4.52 Å². The number of aliphatic hydroxyl groups is 2. The van der Waals surface area contributed by atoms with Crippen molar-refractivity contribution >= 4 is 18.9 Å². The number of aromatic nitrogens is 2. The molecule has 1 saturated heterocycles. The zero-order valence-electron chi connectivity index (χ0n) is 13.5. The highest BCUT2D eigenvalue weighted by Crippen LogP contribution is 2.41. The van der Waals surface area contributed by atoms with Gasteiger partial charge in [-0.15, -0.1) is 0 Å². The van der Waals surface area contributed by atoms with Gasteiger partial charge in [0.15, 0.2) is 0 Å². The Kier molecular flexibility index (Phi) is 4.86. The number of ether oxygens (including phenoxy) is 1. The Morgan fingerprint density at radius 3 is 2.64 bits per heavy atom. The lowest BCUT2D eigenvalue weighted by molar-refractivity contribution is -0.168. The van der Waals surface area contributed by atoms with Crippen LogP contribution in [0.25, 0.3) is 11.0 Å². The standard InChI is InChI=1S/C14H19N2O8P/c1-7-3-9-10(4-8(7)2)16(6-15-9)23-14-12(18)13(11(5-17)22-14)24-25(19,20)21/h3-4,6,11-14,17-18H,5H2,1-2H3,(H2,19,20,21)/t11-,12-,13-,14-/m1/s1. The van der Waals surface area contributed by atoms with Crippen molar-refractivity contribution in [2.24, 2.45) is 0 Å². The smallest absolute Gasteiger partial charge is 0.394 e. The third-order valence-electron chi connectivity index (χ3n) is 4.08. The van der Waals surface area contributed by atoms with Gasteiger partial charge in [0.05, 0.1) is 12.1 Å². The maximum atomic E-state index is 11.0. The predicted molar refractivity (Wildman–Crippen MR) is 84.5 cm³/mol. The number of phosphoric ester groups is 1. The Bertz CT molecular complexity index is 819. The van der Waals surface area contributed by atoms with Crippen LogP contribution in [-0.4, -0.2) is 60.9 Å². The molecular weight excluding hydrogens is 355 g/mol. The van der Waals surface area contributed by atoms with Crippen molar-refractivity contribution in [2.75, 3.05) is 6.61 Å². The average Bonchev–Trinajstić information content (AvgIpc) is 3.02. The second-order valence-corrected chi connectivity index (χ2v) is 7.07. The Hall–Kier alpha value is -1.52. The summed E-state index contributed by atoms with van der Waals surface area (Å²) in [6.07, 6.45) is -4.01. The fraction of sp³-hybridized carbons (Fsp3) is 0.500. The number of rotatable bonds is 5. The Labute approximate surface area is 142 Å². The SMILES string of the molecule is Cc1cc2ncn(O[C@H]3O[C@H](CO)[C@@H](OP(=O)(O)O)[C@H]3O)c2cc1C. The van der Waals surface area contributed by atoms with E-state index in [0.717, 1.165) is 11.1 Å². The summed E-state index contributed by atoms with van der Waals surface area (Å²) in [7, 11) is -4.88. The number of hydrogen-bond acceptors (Lipinski definition) is 7. The van der Waals surface area contributed by atoms with E-state index < -0.39 is 39.0 Å². The molecule has 1 aromatic carbocycles. The molecule has 4 atom stereocenters. The number of benzene rings is 1. The molecule has 10 nitrogen and oxygen atoms in total. The van der Waals surface area contributed by atoms with Gasteiger partial charge < -0.3 is 29.6 Å². The van der Waals surface area contributed by atoms with Crippen LogP contribution in [-0.2, 0) is 13.8 Å². The number of aliphatic hydroxyl groups excluding tert-OH is 2. The molecule has 3 rings (SSSR count). The molecule has 2 heterocycles. The van der Waals surface area contributed by atoms with E-state index in [4.69, 9.17) is 19.4 Å². The van der Waals surface area contributed by atoms with Gasteiger partial charge in [0.1, 0.15) is 30.2 Å². The Morgan fingerprint density at radius 2 is 2.00 bits per heavy atom. The van der Waals surface area contributed by atoms with Crippen molar-refractivity contribution in [2.45, 2.75) is 38.4 Å². The van der Waals surface area contributed by atoms with Gasteiger partial charge in [-0.2, -0.15) is 4.73 Å². The van der Waals surface area contributed by atoms with Gasteiger partial charge in [0.25, 0.3) is 6.29 Å². The lowest BCUT2D eigenvalue weighted by atomic mass is 10.1. The van der Waals surface area contributed by atoms with Crippen LogP contribution in [0.2, 0.25) is 0 Å². The number of imidazole rings is 1. The highest BCUT2D eigenvalue weighted by molar-refractivity contribution is 7.46. The summed E-state index contributed by atoms with van der Waals surface area (Å²) in [4.78, 5) is 27.6. The normalized spacial score (nSPS) is 27.1. The van der Waals surface area contributed by atoms with E-state index in [1.807, 2.05) is 26.0 Å². The molecule has 0 amide bonds.